The van der Waals surface area contributed by atoms with Crippen LogP contribution in [0, 0.1) is 13.8 Å². The molecule has 0 radical (unpaired) electrons. The van der Waals surface area contributed by atoms with Crippen LogP contribution in [0.25, 0.3) is 22.6 Å². The summed E-state index contributed by atoms with van der Waals surface area (Å²) in [6.07, 6.45) is 3.89. The van der Waals surface area contributed by atoms with Crippen molar-refractivity contribution in [2.24, 2.45) is 0 Å². The molecule has 0 aliphatic carbocycles. The summed E-state index contributed by atoms with van der Waals surface area (Å²) in [6.45, 7) is 3.52. The molecule has 0 saturated carbocycles. The van der Waals surface area contributed by atoms with Gasteiger partial charge in [-0.3, -0.25) is 9.59 Å². The number of amides is 1. The number of nitrogens with zero attached hydrogens (tertiary/aromatic N) is 4. The standard InChI is InChI=1S/C26H21N5O2/c1-17-24(18(2)31(29-17)21-8-4-3-5-9-21)25(32)26(33)27-20-13-11-19(12-14-20)22-16-30-15-7-6-10-23(30)28-22/h3-16H,1-2H3,(H,27,33). The molecule has 0 saturated heterocycles. The molecule has 0 unspecified atom stereocenters. The van der Waals surface area contributed by atoms with Crippen LogP contribution in [0.3, 0.4) is 0 Å². The van der Waals surface area contributed by atoms with E-state index in [0.717, 1.165) is 22.6 Å². The molecule has 1 N–H and O–H groups in total. The summed E-state index contributed by atoms with van der Waals surface area (Å²) in [5.41, 5.74) is 5.43. The smallest absolute Gasteiger partial charge is 0.296 e. The van der Waals surface area contributed by atoms with E-state index in [0.29, 0.717) is 22.6 Å². The van der Waals surface area contributed by atoms with Crippen molar-refractivity contribution in [2.75, 3.05) is 5.32 Å². The molecule has 0 aliphatic rings. The van der Waals surface area contributed by atoms with Crippen LogP contribution in [-0.2, 0) is 4.79 Å². The molecule has 0 atom stereocenters. The number of anilines is 1. The number of Topliss-reactive ketones (excluding diaryl/α,β-unsaturated/α-hetero) is 1. The topological polar surface area (TPSA) is 81.3 Å². The van der Waals surface area contributed by atoms with Crippen LogP contribution < -0.4 is 5.32 Å². The van der Waals surface area contributed by atoms with Gasteiger partial charge in [0.2, 0.25) is 0 Å². The summed E-state index contributed by atoms with van der Waals surface area (Å²) >= 11 is 0. The number of para-hydroxylation sites is 1. The van der Waals surface area contributed by atoms with Crippen LogP contribution in [-0.4, -0.2) is 30.9 Å². The van der Waals surface area contributed by atoms with Crippen LogP contribution in [0.2, 0.25) is 0 Å². The molecule has 0 bridgehead atoms. The second kappa shape index (κ2) is 8.20. The number of benzene rings is 2. The zero-order chi connectivity index (χ0) is 22.9. The zero-order valence-electron chi connectivity index (χ0n) is 18.2. The summed E-state index contributed by atoms with van der Waals surface area (Å²) < 4.78 is 3.63. The first-order valence-electron chi connectivity index (χ1n) is 10.5. The van der Waals surface area contributed by atoms with E-state index in [2.05, 4.69) is 15.4 Å². The summed E-state index contributed by atoms with van der Waals surface area (Å²) in [5, 5.41) is 7.16. The van der Waals surface area contributed by atoms with Crippen LogP contribution in [0.1, 0.15) is 21.7 Å². The Morgan fingerprint density at radius 1 is 0.879 bits per heavy atom. The lowest BCUT2D eigenvalue weighted by Gasteiger charge is -2.07. The van der Waals surface area contributed by atoms with Gasteiger partial charge in [0.1, 0.15) is 5.65 Å². The highest BCUT2D eigenvalue weighted by Crippen LogP contribution is 2.22. The number of nitrogens with one attached hydrogen (secondary N) is 1. The van der Waals surface area contributed by atoms with Crippen molar-refractivity contribution in [2.45, 2.75) is 13.8 Å². The fourth-order valence-electron chi connectivity index (χ4n) is 3.89. The number of hydrogen-bond donors (Lipinski definition) is 1. The number of aromatic nitrogens is 4. The van der Waals surface area contributed by atoms with Gasteiger partial charge in [-0.15, -0.1) is 0 Å². The Morgan fingerprint density at radius 2 is 1.61 bits per heavy atom. The fourth-order valence-corrected chi connectivity index (χ4v) is 3.89. The Hall–Kier alpha value is -4.52. The number of fused-ring (bicyclic) bond motifs is 1. The Balaban J connectivity index is 1.34. The van der Waals surface area contributed by atoms with E-state index in [4.69, 9.17) is 0 Å². The molecule has 0 aliphatic heterocycles. The zero-order valence-corrected chi connectivity index (χ0v) is 18.2. The number of pyridine rings is 1. The van der Waals surface area contributed by atoms with E-state index in [1.165, 1.54) is 0 Å². The van der Waals surface area contributed by atoms with Gasteiger partial charge >= 0.3 is 0 Å². The fraction of sp³-hybridized carbons (Fsp3) is 0.0769. The van der Waals surface area contributed by atoms with Gasteiger partial charge in [0.25, 0.3) is 11.7 Å². The van der Waals surface area contributed by atoms with Crippen LogP contribution in [0.4, 0.5) is 5.69 Å². The van der Waals surface area contributed by atoms with Gasteiger partial charge in [-0.25, -0.2) is 9.67 Å². The Labute approximate surface area is 190 Å². The maximum absolute atomic E-state index is 12.9. The van der Waals surface area contributed by atoms with Gasteiger partial charge in [0.15, 0.2) is 0 Å². The van der Waals surface area contributed by atoms with Gasteiger partial charge in [-0.1, -0.05) is 36.4 Å². The normalized spacial score (nSPS) is 11.0. The molecule has 7 heteroatoms. The molecule has 33 heavy (non-hydrogen) atoms. The lowest BCUT2D eigenvalue weighted by atomic mass is 10.1. The van der Waals surface area contributed by atoms with Crippen molar-refractivity contribution in [1.29, 1.82) is 0 Å². The molecule has 5 aromatic rings. The molecule has 5 rings (SSSR count). The highest BCUT2D eigenvalue weighted by molar-refractivity contribution is 6.47. The maximum Gasteiger partial charge on any atom is 0.296 e. The van der Waals surface area contributed by atoms with Crippen molar-refractivity contribution >= 4 is 23.0 Å². The lowest BCUT2D eigenvalue weighted by molar-refractivity contribution is -0.112. The number of aryl methyl sites for hydroxylation is 1. The third-order valence-corrected chi connectivity index (χ3v) is 5.53. The minimum absolute atomic E-state index is 0.317. The van der Waals surface area contributed by atoms with E-state index < -0.39 is 11.7 Å². The minimum Gasteiger partial charge on any atom is -0.319 e. The lowest BCUT2D eigenvalue weighted by Crippen LogP contribution is -2.24. The van der Waals surface area contributed by atoms with E-state index >= 15 is 0 Å². The molecule has 3 heterocycles. The van der Waals surface area contributed by atoms with Crippen molar-refractivity contribution in [3.05, 3.63) is 102 Å². The largest absolute Gasteiger partial charge is 0.319 e. The van der Waals surface area contributed by atoms with Crippen molar-refractivity contribution < 1.29 is 9.59 Å². The first-order chi connectivity index (χ1) is 16.0. The number of imidazole rings is 1. The first-order valence-corrected chi connectivity index (χ1v) is 10.5. The number of ketones is 1. The average Bonchev–Trinajstić information content (AvgIpc) is 3.40. The van der Waals surface area contributed by atoms with E-state index in [-0.39, 0.29) is 0 Å². The van der Waals surface area contributed by atoms with Crippen molar-refractivity contribution in [3.63, 3.8) is 0 Å². The summed E-state index contributed by atoms with van der Waals surface area (Å²) in [4.78, 5) is 30.3. The number of carbonyl (C=O) groups excluding carboxylic acids is 2. The minimum atomic E-state index is -0.700. The first kappa shape index (κ1) is 20.4. The van der Waals surface area contributed by atoms with E-state index in [1.54, 1.807) is 30.7 Å². The van der Waals surface area contributed by atoms with Crippen molar-refractivity contribution in [3.8, 4) is 16.9 Å². The highest BCUT2D eigenvalue weighted by Gasteiger charge is 2.25. The molecule has 162 valence electrons. The van der Waals surface area contributed by atoms with Crippen LogP contribution in [0.15, 0.2) is 85.2 Å². The molecule has 3 aromatic heterocycles. The predicted octanol–water partition coefficient (Wildman–Crippen LogP) is 4.63. The Bertz CT molecular complexity index is 1450. The average molecular weight is 435 g/mol. The van der Waals surface area contributed by atoms with Gasteiger partial charge in [0, 0.05) is 23.6 Å². The molecule has 2 aromatic carbocycles. The SMILES string of the molecule is Cc1nn(-c2ccccc2)c(C)c1C(=O)C(=O)Nc1ccc(-c2cn3ccccc3n2)cc1. The molecular weight excluding hydrogens is 414 g/mol. The second-order valence-electron chi connectivity index (χ2n) is 7.75. The third kappa shape index (κ3) is 3.80. The van der Waals surface area contributed by atoms with Crippen LogP contribution in [0.5, 0.6) is 0 Å². The molecule has 0 spiro atoms. The monoisotopic (exact) mass is 435 g/mol. The molecule has 0 fully saturated rings. The number of rotatable bonds is 5. The van der Waals surface area contributed by atoms with Gasteiger partial charge in [-0.05, 0) is 50.2 Å². The quantitative estimate of drug-likeness (QED) is 0.323. The van der Waals surface area contributed by atoms with Crippen LogP contribution >= 0.6 is 0 Å². The van der Waals surface area contributed by atoms with Gasteiger partial charge < -0.3 is 9.72 Å². The molecule has 1 amide bonds. The number of hydrogen-bond acceptors (Lipinski definition) is 4. The maximum atomic E-state index is 12.9. The van der Waals surface area contributed by atoms with Gasteiger partial charge in [-0.2, -0.15) is 5.10 Å². The third-order valence-electron chi connectivity index (χ3n) is 5.53. The van der Waals surface area contributed by atoms with E-state index in [1.807, 2.05) is 77.5 Å². The Kier molecular flexibility index (Phi) is 5.06. The highest BCUT2D eigenvalue weighted by atomic mass is 16.2. The van der Waals surface area contributed by atoms with E-state index in [9.17, 15) is 9.59 Å². The molecule has 7 nitrogen and oxygen atoms in total. The second-order valence-corrected chi connectivity index (χ2v) is 7.75. The summed E-state index contributed by atoms with van der Waals surface area (Å²) in [7, 11) is 0. The predicted molar refractivity (Wildman–Crippen MR) is 127 cm³/mol. The van der Waals surface area contributed by atoms with Crippen molar-refractivity contribution in [1.82, 2.24) is 19.2 Å². The summed E-state index contributed by atoms with van der Waals surface area (Å²) in [5.74, 6) is -1.31. The van der Waals surface area contributed by atoms with Gasteiger partial charge in [0.05, 0.1) is 28.3 Å². The number of carbonyl (C=O) groups is 2. The Morgan fingerprint density at radius 3 is 2.33 bits per heavy atom. The molecular formula is C26H21N5O2. The summed E-state index contributed by atoms with van der Waals surface area (Å²) in [6, 6.07) is 22.6.